The van der Waals surface area contributed by atoms with Gasteiger partial charge in [-0.2, -0.15) is 0 Å². The average Bonchev–Trinajstić information content (AvgIpc) is 3.14. The summed E-state index contributed by atoms with van der Waals surface area (Å²) in [5.41, 5.74) is 0. The number of halogens is 2. The van der Waals surface area contributed by atoms with Crippen LogP contribution in [0.4, 0.5) is 8.78 Å². The molecule has 0 aliphatic heterocycles. The van der Waals surface area contributed by atoms with Crippen LogP contribution in [0.2, 0.25) is 0 Å². The Morgan fingerprint density at radius 1 is 1.03 bits per heavy atom. The highest BCUT2D eigenvalue weighted by atomic mass is 19.1. The second kappa shape index (κ2) is 16.2. The highest BCUT2D eigenvalue weighted by molar-refractivity contribution is 5.69. The Kier molecular flexibility index (Phi) is 13.7. The molecule has 212 valence electrons. The lowest BCUT2D eigenvalue weighted by atomic mass is 9.84. The summed E-state index contributed by atoms with van der Waals surface area (Å²) in [7, 11) is 0. The van der Waals surface area contributed by atoms with E-state index in [1.165, 1.54) is 6.07 Å². The molecule has 8 nitrogen and oxygen atoms in total. The van der Waals surface area contributed by atoms with Gasteiger partial charge >= 0.3 is 5.97 Å². The average molecular weight is 533 g/mol. The van der Waals surface area contributed by atoms with Crippen molar-refractivity contribution in [2.45, 2.75) is 102 Å². The zero-order chi connectivity index (χ0) is 27.4. The second-order valence-corrected chi connectivity index (χ2v) is 9.93. The third kappa shape index (κ3) is 10.1. The van der Waals surface area contributed by atoms with Crippen molar-refractivity contribution in [3.63, 3.8) is 0 Å². The molecule has 1 aromatic rings. The van der Waals surface area contributed by atoms with Gasteiger partial charge in [0.15, 0.2) is 17.4 Å². The minimum absolute atomic E-state index is 0.128. The number of benzene rings is 1. The van der Waals surface area contributed by atoms with E-state index in [0.717, 1.165) is 31.4 Å². The molecule has 1 saturated carbocycles. The fourth-order valence-corrected chi connectivity index (χ4v) is 5.03. The molecule has 0 aromatic heterocycles. The maximum absolute atomic E-state index is 14.0. The fraction of sp³-hybridized carbons (Fsp3) is 0.741. The van der Waals surface area contributed by atoms with Crippen LogP contribution in [-0.4, -0.2) is 75.2 Å². The second-order valence-electron chi connectivity index (χ2n) is 9.93. The lowest BCUT2D eigenvalue weighted by molar-refractivity contribution is -0.147. The van der Waals surface area contributed by atoms with Gasteiger partial charge in [0.25, 0.3) is 0 Å². The van der Waals surface area contributed by atoms with Crippen molar-refractivity contribution in [2.75, 3.05) is 13.2 Å². The van der Waals surface area contributed by atoms with Crippen molar-refractivity contribution in [3.8, 4) is 5.75 Å². The first-order valence-electron chi connectivity index (χ1n) is 13.3. The quantitative estimate of drug-likeness (QED) is 0.153. The number of carbonyl (C=O) groups excluding carboxylic acids is 1. The van der Waals surface area contributed by atoms with E-state index in [0.29, 0.717) is 25.7 Å². The van der Waals surface area contributed by atoms with Crippen LogP contribution in [-0.2, 0) is 9.53 Å². The predicted molar refractivity (Wildman–Crippen MR) is 132 cm³/mol. The molecule has 5 N–H and O–H groups in total. The monoisotopic (exact) mass is 532 g/mol. The highest BCUT2D eigenvalue weighted by Crippen LogP contribution is 2.39. The molecule has 1 aliphatic rings. The smallest absolute Gasteiger partial charge is 0.305 e. The summed E-state index contributed by atoms with van der Waals surface area (Å²) in [4.78, 5) is 11.6. The number of ether oxygens (including phenoxy) is 2. The fourth-order valence-electron chi connectivity index (χ4n) is 5.03. The molecule has 1 aliphatic carbocycles. The number of hydrogen-bond acceptors (Lipinski definition) is 8. The topological polar surface area (TPSA) is 137 Å². The lowest BCUT2D eigenvalue weighted by Crippen LogP contribution is -2.33. The molecule has 0 heterocycles. The molecule has 10 heteroatoms. The van der Waals surface area contributed by atoms with Crippen molar-refractivity contribution < 1.29 is 48.6 Å². The Bertz CT molecular complexity index is 790. The first-order valence-corrected chi connectivity index (χ1v) is 13.3. The Morgan fingerprint density at radius 2 is 1.65 bits per heavy atom. The van der Waals surface area contributed by atoms with Crippen LogP contribution in [0, 0.1) is 23.5 Å². The van der Waals surface area contributed by atoms with Crippen molar-refractivity contribution in [2.24, 2.45) is 11.8 Å². The molecule has 0 bridgehead atoms. The van der Waals surface area contributed by atoms with Crippen LogP contribution in [0.15, 0.2) is 18.2 Å². The Labute approximate surface area is 217 Å². The molecule has 0 spiro atoms. The number of para-hydroxylation sites is 1. The Balaban J connectivity index is 1.76. The summed E-state index contributed by atoms with van der Waals surface area (Å²) in [5, 5.41) is 49.6. The predicted octanol–water partition coefficient (Wildman–Crippen LogP) is 2.86. The standard InChI is InChI=1S/C27H42F2O8/c1-2-25(37-27-20(28)9-7-10-21(27)29)22(32)13-12-19-18(23(33)14-24(19)34)8-5-3-4-6-11-26(35)36-16-17(31)15-30/h7,9-10,17-19,22-25,30-34H,2-6,8,11-16H2,1H3. The summed E-state index contributed by atoms with van der Waals surface area (Å²) in [6.45, 7) is 1.07. The zero-order valence-corrected chi connectivity index (χ0v) is 21.5. The number of unbranched alkanes of at least 4 members (excludes halogenated alkanes) is 3. The largest absolute Gasteiger partial charge is 0.482 e. The lowest BCUT2D eigenvalue weighted by Gasteiger charge is -2.27. The summed E-state index contributed by atoms with van der Waals surface area (Å²) < 4.78 is 38.2. The minimum atomic E-state index is -1.07. The van der Waals surface area contributed by atoms with Crippen LogP contribution < -0.4 is 4.74 Å². The highest BCUT2D eigenvalue weighted by Gasteiger charge is 2.41. The van der Waals surface area contributed by atoms with Gasteiger partial charge in [0.1, 0.15) is 18.8 Å². The normalized spacial score (nSPS) is 24.0. The summed E-state index contributed by atoms with van der Waals surface area (Å²) >= 11 is 0. The molecule has 0 saturated heterocycles. The number of aliphatic hydroxyl groups excluding tert-OH is 5. The molecular weight excluding hydrogens is 490 g/mol. The number of esters is 1. The van der Waals surface area contributed by atoms with E-state index < -0.39 is 60.5 Å². The van der Waals surface area contributed by atoms with E-state index in [1.807, 2.05) is 0 Å². The van der Waals surface area contributed by atoms with Crippen molar-refractivity contribution in [1.29, 1.82) is 0 Å². The molecular formula is C27H42F2O8. The maximum Gasteiger partial charge on any atom is 0.305 e. The third-order valence-electron chi connectivity index (χ3n) is 7.15. The molecule has 1 fully saturated rings. The van der Waals surface area contributed by atoms with Gasteiger partial charge in [0.05, 0.1) is 24.9 Å². The van der Waals surface area contributed by atoms with E-state index in [2.05, 4.69) is 0 Å². The van der Waals surface area contributed by atoms with Crippen LogP contribution in [0.3, 0.4) is 0 Å². The zero-order valence-electron chi connectivity index (χ0n) is 21.5. The van der Waals surface area contributed by atoms with Crippen molar-refractivity contribution in [1.82, 2.24) is 0 Å². The minimum Gasteiger partial charge on any atom is -0.482 e. The van der Waals surface area contributed by atoms with E-state index >= 15 is 0 Å². The van der Waals surface area contributed by atoms with Gasteiger partial charge in [-0.15, -0.1) is 0 Å². The molecule has 1 aromatic carbocycles. The van der Waals surface area contributed by atoms with Crippen molar-refractivity contribution >= 4 is 5.97 Å². The van der Waals surface area contributed by atoms with E-state index in [-0.39, 0.29) is 37.7 Å². The molecule has 0 radical (unpaired) electrons. The number of rotatable bonds is 17. The SMILES string of the molecule is CCC(Oc1c(F)cccc1F)C(O)CCC1C(O)CC(O)C1CCCCCCC(=O)OCC(O)CO. The number of carbonyl (C=O) groups is 1. The first kappa shape index (κ1) is 31.4. The van der Waals surface area contributed by atoms with Crippen molar-refractivity contribution in [3.05, 3.63) is 29.8 Å². The number of aliphatic hydroxyl groups is 5. The first-order chi connectivity index (χ1) is 17.7. The molecule has 7 unspecified atom stereocenters. The van der Waals surface area contributed by atoms with Crippen LogP contribution >= 0.6 is 0 Å². The van der Waals surface area contributed by atoms with Gasteiger partial charge in [-0.1, -0.05) is 32.3 Å². The van der Waals surface area contributed by atoms with Gasteiger partial charge in [-0.3, -0.25) is 4.79 Å². The summed E-state index contributed by atoms with van der Waals surface area (Å²) in [6.07, 6.45) is 1.06. The molecule has 2 rings (SSSR count). The number of hydrogen-bond donors (Lipinski definition) is 5. The Hall–Kier alpha value is -1.85. The molecule has 0 amide bonds. The third-order valence-corrected chi connectivity index (χ3v) is 7.15. The Morgan fingerprint density at radius 3 is 2.27 bits per heavy atom. The van der Waals surface area contributed by atoms with Gasteiger partial charge in [0, 0.05) is 6.42 Å². The van der Waals surface area contributed by atoms with Crippen LogP contribution in [0.25, 0.3) is 0 Å². The van der Waals surface area contributed by atoms with Gasteiger partial charge in [0.2, 0.25) is 0 Å². The molecule has 7 atom stereocenters. The summed E-state index contributed by atoms with van der Waals surface area (Å²) in [6, 6.07) is 3.42. The van der Waals surface area contributed by atoms with Gasteiger partial charge in [-0.05, 0) is 62.5 Å². The summed E-state index contributed by atoms with van der Waals surface area (Å²) in [5.74, 6) is -2.95. The van der Waals surface area contributed by atoms with Crippen LogP contribution in [0.5, 0.6) is 5.75 Å². The molecule has 37 heavy (non-hydrogen) atoms. The van der Waals surface area contributed by atoms with Gasteiger partial charge < -0.3 is 35.0 Å². The van der Waals surface area contributed by atoms with E-state index in [1.54, 1.807) is 6.92 Å². The van der Waals surface area contributed by atoms with Crippen LogP contribution in [0.1, 0.15) is 71.1 Å². The van der Waals surface area contributed by atoms with Gasteiger partial charge in [-0.25, -0.2) is 8.78 Å². The van der Waals surface area contributed by atoms with E-state index in [4.69, 9.17) is 14.6 Å². The maximum atomic E-state index is 14.0. The van der Waals surface area contributed by atoms with E-state index in [9.17, 15) is 34.0 Å².